The molecule has 0 aliphatic carbocycles. The Balaban J connectivity index is 1.33. The number of nitrogens with one attached hydrogen (secondary N) is 1. The van der Waals surface area contributed by atoms with Crippen molar-refractivity contribution in [2.75, 3.05) is 26.2 Å². The first-order chi connectivity index (χ1) is 18.0. The topological polar surface area (TPSA) is 95.8 Å². The average Bonchev–Trinajstić information content (AvgIpc) is 3.38. The first kappa shape index (κ1) is 27.4. The molecule has 0 spiro atoms. The second-order valence-electron chi connectivity index (χ2n) is 10.2. The fourth-order valence-electron chi connectivity index (χ4n) is 5.10. The van der Waals surface area contributed by atoms with Crippen molar-refractivity contribution in [3.8, 4) is 0 Å². The molecule has 200 valence electrons. The molecule has 37 heavy (non-hydrogen) atoms. The molecule has 2 saturated heterocycles. The molecule has 0 saturated carbocycles. The maximum absolute atomic E-state index is 11.2. The standard InChI is InChI=1S/C29H40N4O4/c1-2-3-15-30-31-20-23-9-11-25(12-10-23)27-18-26(37-32-27)19-29(36-22-24-7-5-4-6-8-24)13-16-33(17-14-29)21-28(34)35/h4-12,26-27,32H,2-3,13-22H2,1H3,(H,34,35). The van der Waals surface area contributed by atoms with E-state index < -0.39 is 5.97 Å². The summed E-state index contributed by atoms with van der Waals surface area (Å²) >= 11 is 0. The number of piperidine rings is 1. The second kappa shape index (κ2) is 13.8. The summed E-state index contributed by atoms with van der Waals surface area (Å²) in [7, 11) is 0. The number of hydroxylamine groups is 1. The smallest absolute Gasteiger partial charge is 0.317 e. The van der Waals surface area contributed by atoms with Crippen LogP contribution >= 0.6 is 0 Å². The number of hydrogen-bond donors (Lipinski definition) is 2. The number of ether oxygens (including phenoxy) is 1. The highest BCUT2D eigenvalue weighted by atomic mass is 16.7. The number of azo groups is 1. The van der Waals surface area contributed by atoms with Crippen LogP contribution in [0.5, 0.6) is 0 Å². The summed E-state index contributed by atoms with van der Waals surface area (Å²) in [6.07, 6.45) is 5.47. The van der Waals surface area contributed by atoms with E-state index in [2.05, 4.69) is 59.0 Å². The zero-order chi connectivity index (χ0) is 25.9. The van der Waals surface area contributed by atoms with Crippen molar-refractivity contribution in [3.05, 3.63) is 71.3 Å². The Bertz CT molecular complexity index is 991. The van der Waals surface area contributed by atoms with Gasteiger partial charge in [-0.25, -0.2) is 0 Å². The van der Waals surface area contributed by atoms with Crippen LogP contribution in [0.2, 0.25) is 0 Å². The van der Waals surface area contributed by atoms with Crippen LogP contribution in [0.25, 0.3) is 0 Å². The van der Waals surface area contributed by atoms with Gasteiger partial charge < -0.3 is 9.84 Å². The van der Waals surface area contributed by atoms with Gasteiger partial charge in [-0.3, -0.25) is 14.5 Å². The lowest BCUT2D eigenvalue weighted by Crippen LogP contribution is -2.49. The van der Waals surface area contributed by atoms with Crippen LogP contribution in [0, 0.1) is 0 Å². The summed E-state index contributed by atoms with van der Waals surface area (Å²) in [5.74, 6) is -0.783. The minimum Gasteiger partial charge on any atom is -0.480 e. The van der Waals surface area contributed by atoms with Crippen molar-refractivity contribution in [3.63, 3.8) is 0 Å². The van der Waals surface area contributed by atoms with E-state index in [-0.39, 0.29) is 24.3 Å². The lowest BCUT2D eigenvalue weighted by Gasteiger charge is -2.42. The number of unbranched alkanes of at least 4 members (excludes halogenated alkanes) is 1. The number of carboxylic acids is 1. The molecule has 2 aromatic rings. The molecule has 8 nitrogen and oxygen atoms in total. The minimum atomic E-state index is -0.783. The number of nitrogens with zero attached hydrogens (tertiary/aromatic N) is 3. The lowest BCUT2D eigenvalue weighted by atomic mass is 9.84. The Morgan fingerprint density at radius 2 is 1.86 bits per heavy atom. The van der Waals surface area contributed by atoms with Gasteiger partial charge in [0.05, 0.1) is 44.0 Å². The van der Waals surface area contributed by atoms with Gasteiger partial charge in [-0.2, -0.15) is 15.7 Å². The molecule has 0 amide bonds. The number of likely N-dealkylation sites (tertiary alicyclic amines) is 1. The Hall–Kier alpha value is -2.65. The number of carbonyl (C=O) groups is 1. The van der Waals surface area contributed by atoms with Crippen molar-refractivity contribution < 1.29 is 19.5 Å². The van der Waals surface area contributed by atoms with Crippen molar-refractivity contribution in [2.24, 2.45) is 10.2 Å². The largest absolute Gasteiger partial charge is 0.480 e. The van der Waals surface area contributed by atoms with Gasteiger partial charge in [0.25, 0.3) is 0 Å². The zero-order valence-electron chi connectivity index (χ0n) is 21.8. The number of rotatable bonds is 13. The summed E-state index contributed by atoms with van der Waals surface area (Å²) in [6, 6.07) is 18.9. The maximum atomic E-state index is 11.2. The Kier molecular flexibility index (Phi) is 10.2. The van der Waals surface area contributed by atoms with Crippen molar-refractivity contribution in [1.29, 1.82) is 0 Å². The maximum Gasteiger partial charge on any atom is 0.317 e. The molecule has 2 fully saturated rings. The summed E-state index contributed by atoms with van der Waals surface area (Å²) in [5, 5.41) is 17.7. The van der Waals surface area contributed by atoms with E-state index >= 15 is 0 Å². The molecular formula is C29H40N4O4. The molecule has 0 radical (unpaired) electrons. The predicted molar refractivity (Wildman–Crippen MR) is 142 cm³/mol. The quantitative estimate of drug-likeness (QED) is 0.282. The Morgan fingerprint density at radius 1 is 1.11 bits per heavy atom. The van der Waals surface area contributed by atoms with E-state index in [1.807, 2.05) is 23.1 Å². The average molecular weight is 509 g/mol. The lowest BCUT2D eigenvalue weighted by molar-refractivity contribution is -0.143. The summed E-state index contributed by atoms with van der Waals surface area (Å²) in [6.45, 7) is 5.61. The Morgan fingerprint density at radius 3 is 2.57 bits per heavy atom. The third kappa shape index (κ3) is 8.43. The third-order valence-electron chi connectivity index (χ3n) is 7.34. The van der Waals surface area contributed by atoms with Crippen LogP contribution in [0.15, 0.2) is 64.8 Å². The molecule has 2 unspecified atom stereocenters. The molecule has 2 aromatic carbocycles. The SMILES string of the molecule is CCCCN=NCc1ccc(C2CC(CC3(OCc4ccccc4)CCN(CC(=O)O)CC3)ON2)cc1. The van der Waals surface area contributed by atoms with Gasteiger partial charge in [0.15, 0.2) is 0 Å². The van der Waals surface area contributed by atoms with Crippen LogP contribution in [-0.2, 0) is 27.5 Å². The van der Waals surface area contributed by atoms with E-state index in [0.717, 1.165) is 56.2 Å². The number of benzene rings is 2. The molecular weight excluding hydrogens is 468 g/mol. The molecule has 2 heterocycles. The van der Waals surface area contributed by atoms with E-state index in [1.54, 1.807) is 0 Å². The van der Waals surface area contributed by atoms with E-state index in [9.17, 15) is 9.90 Å². The first-order valence-corrected chi connectivity index (χ1v) is 13.5. The van der Waals surface area contributed by atoms with Gasteiger partial charge in [0, 0.05) is 19.5 Å². The predicted octanol–water partition coefficient (Wildman–Crippen LogP) is 5.30. The van der Waals surface area contributed by atoms with Crippen LogP contribution in [0.3, 0.4) is 0 Å². The monoisotopic (exact) mass is 508 g/mol. The molecule has 2 aliphatic heterocycles. The number of hydrogen-bond acceptors (Lipinski definition) is 7. The fourth-order valence-corrected chi connectivity index (χ4v) is 5.10. The zero-order valence-corrected chi connectivity index (χ0v) is 21.8. The highest BCUT2D eigenvalue weighted by Gasteiger charge is 2.41. The minimum absolute atomic E-state index is 0.0267. The van der Waals surface area contributed by atoms with Gasteiger partial charge in [-0.1, -0.05) is 67.9 Å². The van der Waals surface area contributed by atoms with Crippen LogP contribution in [-0.4, -0.2) is 53.9 Å². The van der Waals surface area contributed by atoms with Crippen LogP contribution in [0.4, 0.5) is 0 Å². The van der Waals surface area contributed by atoms with Gasteiger partial charge in [0.1, 0.15) is 0 Å². The van der Waals surface area contributed by atoms with Crippen LogP contribution < -0.4 is 5.48 Å². The summed E-state index contributed by atoms with van der Waals surface area (Å²) < 4.78 is 6.59. The van der Waals surface area contributed by atoms with Gasteiger partial charge in [-0.05, 0) is 42.4 Å². The van der Waals surface area contributed by atoms with Gasteiger partial charge in [-0.15, -0.1) is 0 Å². The molecule has 2 atom stereocenters. The molecule has 0 aromatic heterocycles. The van der Waals surface area contributed by atoms with Crippen LogP contribution in [0.1, 0.15) is 68.2 Å². The van der Waals surface area contributed by atoms with E-state index in [0.29, 0.717) is 26.2 Å². The van der Waals surface area contributed by atoms with Gasteiger partial charge >= 0.3 is 5.97 Å². The Labute approximate surface area is 220 Å². The first-order valence-electron chi connectivity index (χ1n) is 13.5. The number of aliphatic carboxylic acids is 1. The third-order valence-corrected chi connectivity index (χ3v) is 7.34. The molecule has 8 heteroatoms. The number of carboxylic acid groups (broad SMARTS) is 1. The van der Waals surface area contributed by atoms with Crippen molar-refractivity contribution in [2.45, 2.75) is 76.3 Å². The highest BCUT2D eigenvalue weighted by molar-refractivity contribution is 5.69. The molecule has 4 rings (SSSR count). The molecule has 0 bridgehead atoms. The normalized spacial score (nSPS) is 22.0. The summed E-state index contributed by atoms with van der Waals surface area (Å²) in [4.78, 5) is 19.2. The second-order valence-corrected chi connectivity index (χ2v) is 10.2. The van der Waals surface area contributed by atoms with E-state index in [1.165, 1.54) is 5.56 Å². The highest BCUT2D eigenvalue weighted by Crippen LogP contribution is 2.37. The van der Waals surface area contributed by atoms with Crippen molar-refractivity contribution >= 4 is 5.97 Å². The fraction of sp³-hybridized carbons (Fsp3) is 0.552. The molecule has 2 aliphatic rings. The molecule has 2 N–H and O–H groups in total. The van der Waals surface area contributed by atoms with E-state index in [4.69, 9.17) is 9.57 Å². The van der Waals surface area contributed by atoms with Gasteiger partial charge in [0.2, 0.25) is 0 Å². The summed E-state index contributed by atoms with van der Waals surface area (Å²) in [5.41, 5.74) is 6.40. The van der Waals surface area contributed by atoms with Crippen molar-refractivity contribution in [1.82, 2.24) is 10.4 Å².